The van der Waals surface area contributed by atoms with E-state index in [1.807, 2.05) is 38.1 Å². The van der Waals surface area contributed by atoms with Gasteiger partial charge in [-0.05, 0) is 30.0 Å². The maximum atomic E-state index is 12.5. The number of aryl methyl sites for hydroxylation is 1. The van der Waals surface area contributed by atoms with E-state index in [-0.39, 0.29) is 24.2 Å². The third-order valence-electron chi connectivity index (χ3n) is 4.68. The fourth-order valence-electron chi connectivity index (χ4n) is 2.77. The van der Waals surface area contributed by atoms with Crippen molar-refractivity contribution in [3.05, 3.63) is 35.4 Å². The Hall–Kier alpha value is -1.88. The summed E-state index contributed by atoms with van der Waals surface area (Å²) in [5.41, 5.74) is 1.91. The third-order valence-corrected chi connectivity index (χ3v) is 4.68. The van der Waals surface area contributed by atoms with Gasteiger partial charge in [-0.1, -0.05) is 32.9 Å². The van der Waals surface area contributed by atoms with Gasteiger partial charge in [-0.2, -0.15) is 0 Å². The largest absolute Gasteiger partial charge is 0.392 e. The first kappa shape index (κ1) is 18.5. The van der Waals surface area contributed by atoms with Gasteiger partial charge in [0.25, 0.3) is 5.91 Å². The summed E-state index contributed by atoms with van der Waals surface area (Å²) in [6, 6.07) is 7.72. The molecule has 1 aliphatic heterocycles. The summed E-state index contributed by atoms with van der Waals surface area (Å²) in [5, 5.41) is 9.85. The van der Waals surface area contributed by atoms with Gasteiger partial charge in [0.05, 0.1) is 12.5 Å². The van der Waals surface area contributed by atoms with Crippen LogP contribution < -0.4 is 0 Å². The molecule has 1 heterocycles. The first-order valence-electron chi connectivity index (χ1n) is 8.76. The van der Waals surface area contributed by atoms with Crippen molar-refractivity contribution in [2.45, 2.75) is 39.7 Å². The van der Waals surface area contributed by atoms with Crippen molar-refractivity contribution in [1.82, 2.24) is 9.80 Å². The van der Waals surface area contributed by atoms with E-state index in [1.165, 1.54) is 5.56 Å². The molecular formula is C19H28N2O3. The first-order valence-corrected chi connectivity index (χ1v) is 8.76. The highest BCUT2D eigenvalue weighted by atomic mass is 16.3. The van der Waals surface area contributed by atoms with Gasteiger partial charge in [-0.15, -0.1) is 0 Å². The van der Waals surface area contributed by atoms with Gasteiger partial charge in [0, 0.05) is 31.7 Å². The molecule has 0 aromatic heterocycles. The Morgan fingerprint density at radius 2 is 1.58 bits per heavy atom. The zero-order chi connectivity index (χ0) is 17.7. The summed E-state index contributed by atoms with van der Waals surface area (Å²) < 4.78 is 0. The summed E-state index contributed by atoms with van der Waals surface area (Å²) in [6.07, 6.45) is 0.510. The molecule has 1 saturated heterocycles. The molecule has 1 aromatic rings. The summed E-state index contributed by atoms with van der Waals surface area (Å²) in [4.78, 5) is 28.3. The maximum absolute atomic E-state index is 12.5. The molecule has 5 heteroatoms. The average molecular weight is 332 g/mol. The van der Waals surface area contributed by atoms with Crippen molar-refractivity contribution < 1.29 is 14.7 Å². The number of aliphatic hydroxyl groups excluding tert-OH is 1. The Labute approximate surface area is 144 Å². The highest BCUT2D eigenvalue weighted by Crippen LogP contribution is 2.13. The Kier molecular flexibility index (Phi) is 6.37. The number of hydrogen-bond acceptors (Lipinski definition) is 3. The van der Waals surface area contributed by atoms with Crippen LogP contribution in [-0.4, -0.2) is 59.0 Å². The molecule has 1 aromatic carbocycles. The van der Waals surface area contributed by atoms with Crippen LogP contribution in [0.1, 0.15) is 43.1 Å². The number of benzene rings is 1. The molecule has 0 bridgehead atoms. The van der Waals surface area contributed by atoms with Crippen LogP contribution in [0.2, 0.25) is 0 Å². The van der Waals surface area contributed by atoms with E-state index in [2.05, 4.69) is 6.92 Å². The second kappa shape index (κ2) is 8.29. The smallest absolute Gasteiger partial charge is 0.253 e. The Balaban J connectivity index is 1.87. The van der Waals surface area contributed by atoms with Crippen molar-refractivity contribution in [2.75, 3.05) is 26.2 Å². The zero-order valence-electron chi connectivity index (χ0n) is 14.9. The minimum atomic E-state index is -0.603. The van der Waals surface area contributed by atoms with Gasteiger partial charge >= 0.3 is 0 Å². The highest BCUT2D eigenvalue weighted by Gasteiger charge is 2.26. The van der Waals surface area contributed by atoms with Crippen LogP contribution >= 0.6 is 0 Å². The Morgan fingerprint density at radius 3 is 2.08 bits per heavy atom. The number of carbonyl (C=O) groups excluding carboxylic acids is 2. The van der Waals surface area contributed by atoms with Crippen molar-refractivity contribution in [3.8, 4) is 0 Å². The molecule has 1 fully saturated rings. The number of aliphatic hydroxyl groups is 1. The molecule has 0 spiro atoms. The summed E-state index contributed by atoms with van der Waals surface area (Å²) >= 11 is 0. The lowest BCUT2D eigenvalue weighted by atomic mass is 10.0. The van der Waals surface area contributed by atoms with Crippen molar-refractivity contribution >= 4 is 11.8 Å². The Bertz CT molecular complexity index is 560. The van der Waals surface area contributed by atoms with Gasteiger partial charge in [-0.3, -0.25) is 9.59 Å². The maximum Gasteiger partial charge on any atom is 0.253 e. The normalized spacial score (nSPS) is 16.4. The molecule has 2 rings (SSSR count). The predicted octanol–water partition coefficient (Wildman–Crippen LogP) is 1.94. The van der Waals surface area contributed by atoms with Gasteiger partial charge < -0.3 is 14.9 Å². The van der Waals surface area contributed by atoms with Crippen LogP contribution in [0.15, 0.2) is 24.3 Å². The van der Waals surface area contributed by atoms with E-state index in [4.69, 9.17) is 0 Å². The highest BCUT2D eigenvalue weighted by molar-refractivity contribution is 5.94. The van der Waals surface area contributed by atoms with Crippen LogP contribution in [0.3, 0.4) is 0 Å². The van der Waals surface area contributed by atoms with E-state index in [9.17, 15) is 14.7 Å². The fraction of sp³-hybridized carbons (Fsp3) is 0.579. The summed E-state index contributed by atoms with van der Waals surface area (Å²) in [6.45, 7) is 8.03. The molecule has 24 heavy (non-hydrogen) atoms. The fourth-order valence-corrected chi connectivity index (χ4v) is 2.77. The molecule has 5 nitrogen and oxygen atoms in total. The van der Waals surface area contributed by atoms with Crippen molar-refractivity contribution in [2.24, 2.45) is 5.92 Å². The van der Waals surface area contributed by atoms with Crippen LogP contribution in [0, 0.1) is 5.92 Å². The molecule has 1 N–H and O–H groups in total. The number of rotatable bonds is 5. The van der Waals surface area contributed by atoms with E-state index in [1.54, 1.807) is 9.80 Å². The second-order valence-corrected chi connectivity index (χ2v) is 6.74. The monoisotopic (exact) mass is 332 g/mol. The third kappa shape index (κ3) is 4.57. The topological polar surface area (TPSA) is 60.9 Å². The summed E-state index contributed by atoms with van der Waals surface area (Å²) in [7, 11) is 0. The van der Waals surface area contributed by atoms with Crippen molar-refractivity contribution in [3.63, 3.8) is 0 Å². The molecule has 2 amide bonds. The minimum absolute atomic E-state index is 0.0203. The van der Waals surface area contributed by atoms with Gasteiger partial charge in [0.2, 0.25) is 5.91 Å². The average Bonchev–Trinajstić information content (AvgIpc) is 2.61. The van der Waals surface area contributed by atoms with E-state index >= 15 is 0 Å². The van der Waals surface area contributed by atoms with Crippen LogP contribution in [0.5, 0.6) is 0 Å². The lowest BCUT2D eigenvalue weighted by Crippen LogP contribution is -2.51. The number of nitrogens with zero attached hydrogens (tertiary/aromatic N) is 2. The lowest BCUT2D eigenvalue weighted by molar-refractivity contribution is -0.135. The molecule has 0 aliphatic carbocycles. The minimum Gasteiger partial charge on any atom is -0.392 e. The van der Waals surface area contributed by atoms with E-state index in [0.717, 1.165) is 6.42 Å². The molecule has 1 unspecified atom stereocenters. The quantitative estimate of drug-likeness (QED) is 0.896. The number of hydrogen-bond donors (Lipinski definition) is 1. The summed E-state index contributed by atoms with van der Waals surface area (Å²) in [5.74, 6) is 0.0606. The van der Waals surface area contributed by atoms with Crippen LogP contribution in [-0.2, 0) is 11.2 Å². The SMILES string of the molecule is CCc1ccc(C(=O)N2CCN(C(=O)CC(O)C(C)C)CC2)cc1. The van der Waals surface area contributed by atoms with E-state index in [0.29, 0.717) is 31.7 Å². The molecule has 1 atom stereocenters. The molecule has 0 radical (unpaired) electrons. The van der Waals surface area contributed by atoms with Gasteiger partial charge in [0.1, 0.15) is 0 Å². The van der Waals surface area contributed by atoms with Crippen molar-refractivity contribution in [1.29, 1.82) is 0 Å². The molecule has 132 valence electrons. The lowest BCUT2D eigenvalue weighted by Gasteiger charge is -2.35. The number of amides is 2. The van der Waals surface area contributed by atoms with Crippen LogP contribution in [0.4, 0.5) is 0 Å². The second-order valence-electron chi connectivity index (χ2n) is 6.74. The predicted molar refractivity (Wildman–Crippen MR) is 93.8 cm³/mol. The number of carbonyl (C=O) groups is 2. The van der Waals surface area contributed by atoms with Gasteiger partial charge in [-0.25, -0.2) is 0 Å². The Morgan fingerprint density at radius 1 is 1.04 bits per heavy atom. The standard InChI is InChI=1S/C19H28N2O3/c1-4-15-5-7-16(8-6-15)19(24)21-11-9-20(10-12-21)18(23)13-17(22)14(2)3/h5-8,14,17,22H,4,9-13H2,1-3H3. The molecular weight excluding hydrogens is 304 g/mol. The van der Waals surface area contributed by atoms with Gasteiger partial charge in [0.15, 0.2) is 0 Å². The van der Waals surface area contributed by atoms with Crippen LogP contribution in [0.25, 0.3) is 0 Å². The van der Waals surface area contributed by atoms with E-state index < -0.39 is 6.10 Å². The zero-order valence-corrected chi connectivity index (χ0v) is 14.9. The first-order chi connectivity index (χ1) is 11.4. The number of piperazine rings is 1. The molecule has 1 aliphatic rings. The molecule has 0 saturated carbocycles.